The summed E-state index contributed by atoms with van der Waals surface area (Å²) in [6, 6.07) is 9.75. The molecule has 0 bridgehead atoms. The van der Waals surface area contributed by atoms with E-state index in [1.165, 1.54) is 0 Å². The van der Waals surface area contributed by atoms with E-state index in [4.69, 9.17) is 4.74 Å². The average molecular weight is 221 g/mol. The number of carbonyl (C=O) groups excluding carboxylic acids is 1. The van der Waals surface area contributed by atoms with Gasteiger partial charge in [0.05, 0.1) is 6.04 Å². The van der Waals surface area contributed by atoms with Crippen LogP contribution in [0, 0.1) is 0 Å². The van der Waals surface area contributed by atoms with Gasteiger partial charge in [-0.25, -0.2) is 4.79 Å². The predicted octanol–water partition coefficient (Wildman–Crippen LogP) is 3.27. The van der Waals surface area contributed by atoms with Crippen molar-refractivity contribution in [1.82, 2.24) is 5.32 Å². The van der Waals surface area contributed by atoms with Gasteiger partial charge in [0.15, 0.2) is 0 Å². The molecular formula is C13H19NO2. The smallest absolute Gasteiger partial charge is 0.408 e. The molecule has 0 radical (unpaired) electrons. The monoisotopic (exact) mass is 221 g/mol. The van der Waals surface area contributed by atoms with Crippen molar-refractivity contribution in [1.29, 1.82) is 0 Å². The van der Waals surface area contributed by atoms with E-state index in [1.54, 1.807) is 0 Å². The molecule has 1 rings (SSSR count). The number of rotatable bonds is 2. The quantitative estimate of drug-likeness (QED) is 0.832. The molecule has 0 fully saturated rings. The van der Waals surface area contributed by atoms with E-state index < -0.39 is 5.60 Å². The molecule has 16 heavy (non-hydrogen) atoms. The molecular weight excluding hydrogens is 202 g/mol. The normalized spacial score (nSPS) is 13.0. The zero-order valence-corrected chi connectivity index (χ0v) is 10.3. The Kier molecular flexibility index (Phi) is 3.93. The molecule has 1 aromatic carbocycles. The first kappa shape index (κ1) is 12.6. The van der Waals surface area contributed by atoms with Gasteiger partial charge in [-0.15, -0.1) is 0 Å². The summed E-state index contributed by atoms with van der Waals surface area (Å²) in [6.07, 6.45) is -0.385. The summed E-state index contributed by atoms with van der Waals surface area (Å²) >= 11 is 0. The third kappa shape index (κ3) is 4.34. The van der Waals surface area contributed by atoms with Gasteiger partial charge in [-0.3, -0.25) is 0 Å². The van der Waals surface area contributed by atoms with Crippen molar-refractivity contribution in [3.63, 3.8) is 0 Å². The number of carbonyl (C=O) groups is 1. The van der Waals surface area contributed by atoms with Gasteiger partial charge in [0.1, 0.15) is 5.60 Å². The van der Waals surface area contributed by atoms with Crippen molar-refractivity contribution < 1.29 is 9.53 Å². The van der Waals surface area contributed by atoms with Gasteiger partial charge >= 0.3 is 6.09 Å². The third-order valence-corrected chi connectivity index (χ3v) is 2.03. The number of alkyl carbamates (subject to hydrolysis) is 1. The molecule has 3 heteroatoms. The van der Waals surface area contributed by atoms with Gasteiger partial charge in [-0.1, -0.05) is 30.3 Å². The Morgan fingerprint density at radius 3 is 2.31 bits per heavy atom. The van der Waals surface area contributed by atoms with E-state index in [0.717, 1.165) is 5.56 Å². The van der Waals surface area contributed by atoms with Crippen LogP contribution < -0.4 is 5.32 Å². The number of amides is 1. The molecule has 0 spiro atoms. The van der Waals surface area contributed by atoms with Crippen molar-refractivity contribution in [2.24, 2.45) is 0 Å². The van der Waals surface area contributed by atoms with E-state index in [1.807, 2.05) is 58.0 Å². The maximum Gasteiger partial charge on any atom is 0.408 e. The van der Waals surface area contributed by atoms with Gasteiger partial charge in [-0.2, -0.15) is 0 Å². The topological polar surface area (TPSA) is 38.3 Å². The van der Waals surface area contributed by atoms with Crippen LogP contribution in [0.5, 0.6) is 0 Å². The number of benzene rings is 1. The summed E-state index contributed by atoms with van der Waals surface area (Å²) in [7, 11) is 0. The van der Waals surface area contributed by atoms with Gasteiger partial charge in [0, 0.05) is 0 Å². The van der Waals surface area contributed by atoms with E-state index in [-0.39, 0.29) is 12.1 Å². The number of hydrogen-bond donors (Lipinski definition) is 1. The van der Waals surface area contributed by atoms with Crippen molar-refractivity contribution in [3.05, 3.63) is 35.9 Å². The van der Waals surface area contributed by atoms with Gasteiger partial charge in [0.25, 0.3) is 0 Å². The molecule has 1 atom stereocenters. The highest BCUT2D eigenvalue weighted by molar-refractivity contribution is 5.68. The maximum absolute atomic E-state index is 11.5. The zero-order valence-electron chi connectivity index (χ0n) is 10.3. The van der Waals surface area contributed by atoms with Crippen LogP contribution in [-0.4, -0.2) is 11.7 Å². The molecule has 0 saturated heterocycles. The highest BCUT2D eigenvalue weighted by atomic mass is 16.6. The number of hydrogen-bond acceptors (Lipinski definition) is 2. The Bertz CT molecular complexity index is 341. The molecule has 0 aliphatic rings. The van der Waals surface area contributed by atoms with Crippen LogP contribution in [0.1, 0.15) is 39.3 Å². The average Bonchev–Trinajstić information content (AvgIpc) is 2.16. The molecule has 0 heterocycles. The summed E-state index contributed by atoms with van der Waals surface area (Å²) in [5.74, 6) is 0. The fraction of sp³-hybridized carbons (Fsp3) is 0.462. The van der Waals surface area contributed by atoms with E-state index in [2.05, 4.69) is 5.32 Å². The van der Waals surface area contributed by atoms with Crippen molar-refractivity contribution in [2.75, 3.05) is 0 Å². The number of nitrogens with one attached hydrogen (secondary N) is 1. The van der Waals surface area contributed by atoms with Crippen molar-refractivity contribution in [2.45, 2.75) is 39.3 Å². The van der Waals surface area contributed by atoms with Crippen LogP contribution in [0.4, 0.5) is 4.79 Å². The second kappa shape index (κ2) is 5.01. The lowest BCUT2D eigenvalue weighted by Crippen LogP contribution is -2.33. The Morgan fingerprint density at radius 2 is 1.81 bits per heavy atom. The summed E-state index contributed by atoms with van der Waals surface area (Å²) in [6.45, 7) is 7.47. The fourth-order valence-electron chi connectivity index (χ4n) is 1.31. The molecule has 0 aliphatic carbocycles. The minimum Gasteiger partial charge on any atom is -0.444 e. The lowest BCUT2D eigenvalue weighted by molar-refractivity contribution is 0.0508. The zero-order chi connectivity index (χ0) is 12.2. The van der Waals surface area contributed by atoms with Crippen molar-refractivity contribution in [3.8, 4) is 0 Å². The summed E-state index contributed by atoms with van der Waals surface area (Å²) in [5.41, 5.74) is 0.605. The number of ether oxygens (including phenoxy) is 1. The Labute approximate surface area is 96.8 Å². The molecule has 1 N–H and O–H groups in total. The molecule has 0 saturated carbocycles. The molecule has 1 aromatic rings. The van der Waals surface area contributed by atoms with Crippen LogP contribution in [0.2, 0.25) is 0 Å². The SMILES string of the molecule is CC(NC(=O)OC(C)(C)C)c1ccccc1. The van der Waals surface area contributed by atoms with Gasteiger partial charge < -0.3 is 10.1 Å². The Morgan fingerprint density at radius 1 is 1.25 bits per heavy atom. The van der Waals surface area contributed by atoms with Crippen LogP contribution in [0.3, 0.4) is 0 Å². The van der Waals surface area contributed by atoms with Crippen LogP contribution in [0.25, 0.3) is 0 Å². The molecule has 0 aromatic heterocycles. The minimum atomic E-state index is -0.458. The first-order valence-corrected chi connectivity index (χ1v) is 5.43. The first-order chi connectivity index (χ1) is 7.38. The second-order valence-electron chi connectivity index (χ2n) is 4.78. The molecule has 0 aliphatic heterocycles. The summed E-state index contributed by atoms with van der Waals surface area (Å²) < 4.78 is 5.18. The van der Waals surface area contributed by atoms with Crippen molar-refractivity contribution >= 4 is 6.09 Å². The lowest BCUT2D eigenvalue weighted by atomic mass is 10.1. The first-order valence-electron chi connectivity index (χ1n) is 5.43. The molecule has 1 amide bonds. The Hall–Kier alpha value is -1.51. The van der Waals surface area contributed by atoms with Crippen LogP contribution in [-0.2, 0) is 4.74 Å². The predicted molar refractivity (Wildman–Crippen MR) is 64.2 cm³/mol. The second-order valence-corrected chi connectivity index (χ2v) is 4.78. The highest BCUT2D eigenvalue weighted by Gasteiger charge is 2.17. The van der Waals surface area contributed by atoms with Gasteiger partial charge in [-0.05, 0) is 33.3 Å². The summed E-state index contributed by atoms with van der Waals surface area (Å²) in [4.78, 5) is 11.5. The largest absolute Gasteiger partial charge is 0.444 e. The van der Waals surface area contributed by atoms with Gasteiger partial charge in [0.2, 0.25) is 0 Å². The maximum atomic E-state index is 11.5. The summed E-state index contributed by atoms with van der Waals surface area (Å²) in [5, 5.41) is 2.79. The third-order valence-electron chi connectivity index (χ3n) is 2.03. The Balaban J connectivity index is 2.52. The molecule has 3 nitrogen and oxygen atoms in total. The van der Waals surface area contributed by atoms with Crippen LogP contribution >= 0.6 is 0 Å². The van der Waals surface area contributed by atoms with E-state index in [0.29, 0.717) is 0 Å². The highest BCUT2D eigenvalue weighted by Crippen LogP contribution is 2.13. The fourth-order valence-corrected chi connectivity index (χ4v) is 1.31. The van der Waals surface area contributed by atoms with Crippen LogP contribution in [0.15, 0.2) is 30.3 Å². The standard InChI is InChI=1S/C13H19NO2/c1-10(11-8-6-5-7-9-11)14-12(15)16-13(2,3)4/h5-10H,1-4H3,(H,14,15). The van der Waals surface area contributed by atoms with E-state index in [9.17, 15) is 4.79 Å². The lowest BCUT2D eigenvalue weighted by Gasteiger charge is -2.22. The molecule has 88 valence electrons. The molecule has 1 unspecified atom stereocenters. The van der Waals surface area contributed by atoms with E-state index >= 15 is 0 Å². The minimum absolute atomic E-state index is 0.0453.